The molecule has 0 aromatic rings. The first kappa shape index (κ1) is 10.3. The smallest absolute Gasteiger partial charge is 0.325 e. The molecule has 0 radical (unpaired) electrons. The van der Waals surface area contributed by atoms with Crippen LogP contribution in [0.1, 0.15) is 12.8 Å². The molecule has 4 N–H and O–H groups in total. The van der Waals surface area contributed by atoms with Crippen LogP contribution in [0.25, 0.3) is 0 Å². The van der Waals surface area contributed by atoms with Gasteiger partial charge in [0, 0.05) is 0 Å². The van der Waals surface area contributed by atoms with Gasteiger partial charge in [0.2, 0.25) is 6.86 Å². The van der Waals surface area contributed by atoms with Crippen LogP contribution in [0.2, 0.25) is 0 Å². The van der Waals surface area contributed by atoms with Crippen molar-refractivity contribution < 1.29 is 13.9 Å². The molecule has 0 unspecified atom stereocenters. The van der Waals surface area contributed by atoms with Crippen molar-refractivity contribution in [3.63, 3.8) is 0 Å². The molecule has 0 saturated heterocycles. The molecule has 11 heavy (non-hydrogen) atoms. The molecule has 0 heterocycles. The topological polar surface area (TPSA) is 78.3 Å². The highest BCUT2D eigenvalue weighted by Crippen LogP contribution is 1.95. The van der Waals surface area contributed by atoms with Crippen molar-refractivity contribution in [2.75, 3.05) is 13.4 Å². The summed E-state index contributed by atoms with van der Waals surface area (Å²) in [4.78, 5) is 10.6. The first-order valence-electron chi connectivity index (χ1n) is 3.40. The lowest BCUT2D eigenvalue weighted by Gasteiger charge is -2.07. The maximum atomic E-state index is 11.4. The van der Waals surface area contributed by atoms with E-state index in [0.717, 1.165) is 0 Å². The summed E-state index contributed by atoms with van der Waals surface area (Å²) >= 11 is 0. The lowest BCUT2D eigenvalue weighted by molar-refractivity contribution is -0.149. The Balaban J connectivity index is 3.46. The van der Waals surface area contributed by atoms with Crippen LogP contribution in [0.4, 0.5) is 4.39 Å². The Bertz CT molecular complexity index is 121. The number of ether oxygens (including phenoxy) is 1. The predicted molar refractivity (Wildman–Crippen MR) is 38.3 cm³/mol. The summed E-state index contributed by atoms with van der Waals surface area (Å²) in [6.45, 7) is -0.647. The van der Waals surface area contributed by atoms with Crippen LogP contribution in [0.15, 0.2) is 0 Å². The summed E-state index contributed by atoms with van der Waals surface area (Å²) in [7, 11) is 0. The van der Waals surface area contributed by atoms with Gasteiger partial charge in [-0.1, -0.05) is 0 Å². The van der Waals surface area contributed by atoms with E-state index in [1.54, 1.807) is 0 Å². The fourth-order valence-corrected chi connectivity index (χ4v) is 0.616. The molecule has 0 amide bonds. The Morgan fingerprint density at radius 2 is 2.27 bits per heavy atom. The molecular weight excluding hydrogens is 151 g/mol. The van der Waals surface area contributed by atoms with Crippen LogP contribution in [0.5, 0.6) is 0 Å². The summed E-state index contributed by atoms with van der Waals surface area (Å²) in [6.07, 6.45) is 1.08. The number of halogens is 1. The number of hydrogen-bond acceptors (Lipinski definition) is 4. The van der Waals surface area contributed by atoms with Crippen molar-refractivity contribution in [3.05, 3.63) is 0 Å². The van der Waals surface area contributed by atoms with E-state index in [1.165, 1.54) is 0 Å². The molecule has 0 aromatic heterocycles. The van der Waals surface area contributed by atoms with Gasteiger partial charge in [-0.15, -0.1) is 0 Å². The van der Waals surface area contributed by atoms with Gasteiger partial charge < -0.3 is 16.2 Å². The second-order valence-electron chi connectivity index (χ2n) is 2.11. The van der Waals surface area contributed by atoms with Gasteiger partial charge in [-0.2, -0.15) is 0 Å². The van der Waals surface area contributed by atoms with E-state index in [4.69, 9.17) is 11.5 Å². The van der Waals surface area contributed by atoms with Gasteiger partial charge in [0.1, 0.15) is 6.04 Å². The third kappa shape index (κ3) is 4.69. The van der Waals surface area contributed by atoms with Crippen LogP contribution in [0.3, 0.4) is 0 Å². The SMILES string of the molecule is NCCC[C@@H](N)C(=O)OCF. The van der Waals surface area contributed by atoms with E-state index in [9.17, 15) is 9.18 Å². The fraction of sp³-hybridized carbons (Fsp3) is 0.833. The van der Waals surface area contributed by atoms with E-state index in [0.29, 0.717) is 19.4 Å². The Kier molecular flexibility index (Phi) is 5.68. The first-order valence-corrected chi connectivity index (χ1v) is 3.40. The molecular formula is C6H13FN2O2. The zero-order chi connectivity index (χ0) is 8.69. The van der Waals surface area contributed by atoms with Gasteiger partial charge in [0.15, 0.2) is 0 Å². The quantitative estimate of drug-likeness (QED) is 0.538. The summed E-state index contributed by atoms with van der Waals surface area (Å²) in [5.74, 6) is -0.707. The third-order valence-electron chi connectivity index (χ3n) is 1.22. The molecule has 4 nitrogen and oxygen atoms in total. The number of hydrogen-bond donors (Lipinski definition) is 2. The number of carbonyl (C=O) groups excluding carboxylic acids is 1. The standard InChI is InChI=1S/C6H13FN2O2/c7-4-11-6(10)5(9)2-1-3-8/h5H,1-4,8-9H2/t5-/m1/s1. The van der Waals surface area contributed by atoms with Crippen LogP contribution in [0, 0.1) is 0 Å². The van der Waals surface area contributed by atoms with Gasteiger partial charge in [-0.05, 0) is 19.4 Å². The molecule has 5 heteroatoms. The van der Waals surface area contributed by atoms with Crippen molar-refractivity contribution in [1.29, 1.82) is 0 Å². The van der Waals surface area contributed by atoms with Gasteiger partial charge in [-0.25, -0.2) is 4.39 Å². The second-order valence-corrected chi connectivity index (χ2v) is 2.11. The maximum absolute atomic E-state index is 11.4. The molecule has 1 atom stereocenters. The van der Waals surface area contributed by atoms with Crippen LogP contribution < -0.4 is 11.5 Å². The zero-order valence-electron chi connectivity index (χ0n) is 6.25. The number of rotatable bonds is 5. The van der Waals surface area contributed by atoms with E-state index >= 15 is 0 Å². The molecule has 0 aliphatic carbocycles. The predicted octanol–water partition coefficient (Wildman–Crippen LogP) is -0.477. The highest BCUT2D eigenvalue weighted by molar-refractivity contribution is 5.75. The van der Waals surface area contributed by atoms with Crippen LogP contribution in [-0.2, 0) is 9.53 Å². The van der Waals surface area contributed by atoms with Crippen molar-refractivity contribution >= 4 is 5.97 Å². The van der Waals surface area contributed by atoms with E-state index in [-0.39, 0.29) is 0 Å². The van der Waals surface area contributed by atoms with Gasteiger partial charge in [0.05, 0.1) is 0 Å². The first-order chi connectivity index (χ1) is 5.22. The largest absolute Gasteiger partial charge is 0.433 e. The number of carbonyl (C=O) groups is 1. The normalized spacial score (nSPS) is 12.6. The lowest BCUT2D eigenvalue weighted by Crippen LogP contribution is -2.32. The number of esters is 1. The number of alkyl halides is 1. The van der Waals surface area contributed by atoms with Crippen LogP contribution in [-0.4, -0.2) is 25.4 Å². The lowest BCUT2D eigenvalue weighted by atomic mass is 10.2. The molecule has 0 saturated carbocycles. The monoisotopic (exact) mass is 164 g/mol. The Labute approximate surface area is 64.7 Å². The van der Waals surface area contributed by atoms with Crippen molar-refractivity contribution in [2.24, 2.45) is 11.5 Å². The molecule has 0 fully saturated rings. The number of nitrogens with two attached hydrogens (primary N) is 2. The van der Waals surface area contributed by atoms with Crippen molar-refractivity contribution in [2.45, 2.75) is 18.9 Å². The molecule has 0 bridgehead atoms. The van der Waals surface area contributed by atoms with Gasteiger partial charge in [-0.3, -0.25) is 4.79 Å². The minimum Gasteiger partial charge on any atom is -0.433 e. The van der Waals surface area contributed by atoms with Gasteiger partial charge in [0.25, 0.3) is 0 Å². The van der Waals surface area contributed by atoms with Gasteiger partial charge >= 0.3 is 5.97 Å². The summed E-state index contributed by atoms with van der Waals surface area (Å²) in [5.41, 5.74) is 10.5. The molecule has 66 valence electrons. The molecule has 0 spiro atoms. The van der Waals surface area contributed by atoms with E-state index in [1.807, 2.05) is 0 Å². The van der Waals surface area contributed by atoms with Crippen molar-refractivity contribution in [3.8, 4) is 0 Å². The maximum Gasteiger partial charge on any atom is 0.325 e. The zero-order valence-corrected chi connectivity index (χ0v) is 6.25. The highest BCUT2D eigenvalue weighted by atomic mass is 19.1. The molecule has 0 rings (SSSR count). The molecule has 0 aromatic carbocycles. The Hall–Kier alpha value is -0.680. The summed E-state index contributed by atoms with van der Waals surface area (Å²) in [6, 6.07) is -0.741. The minimum atomic E-state index is -1.12. The van der Waals surface area contributed by atoms with Crippen LogP contribution >= 0.6 is 0 Å². The highest BCUT2D eigenvalue weighted by Gasteiger charge is 2.13. The summed E-state index contributed by atoms with van der Waals surface area (Å²) < 4.78 is 15.4. The molecule has 0 aliphatic rings. The Morgan fingerprint density at radius 1 is 1.64 bits per heavy atom. The minimum absolute atomic E-state index is 0.440. The summed E-state index contributed by atoms with van der Waals surface area (Å²) in [5, 5.41) is 0. The van der Waals surface area contributed by atoms with Crippen molar-refractivity contribution in [1.82, 2.24) is 0 Å². The van der Waals surface area contributed by atoms with E-state index < -0.39 is 18.9 Å². The fourth-order valence-electron chi connectivity index (χ4n) is 0.616. The van der Waals surface area contributed by atoms with E-state index in [2.05, 4.69) is 4.74 Å². The second kappa shape index (κ2) is 6.06. The average molecular weight is 164 g/mol. The average Bonchev–Trinajstić information content (AvgIpc) is 2.00. The molecule has 0 aliphatic heterocycles. The Morgan fingerprint density at radius 3 is 2.73 bits per heavy atom. The third-order valence-corrected chi connectivity index (χ3v) is 1.22.